The van der Waals surface area contributed by atoms with Crippen LogP contribution in [0.5, 0.6) is 0 Å². The van der Waals surface area contributed by atoms with Gasteiger partial charge in [0.2, 0.25) is 5.91 Å². The van der Waals surface area contributed by atoms with Crippen LogP contribution in [0.25, 0.3) is 0 Å². The summed E-state index contributed by atoms with van der Waals surface area (Å²) in [4.78, 5) is 24.4. The van der Waals surface area contributed by atoms with E-state index < -0.39 is 0 Å². The number of carbonyl (C=O) groups excluding carboxylic acids is 2. The van der Waals surface area contributed by atoms with Crippen LogP contribution >= 0.6 is 0 Å². The van der Waals surface area contributed by atoms with E-state index in [-0.39, 0.29) is 17.7 Å². The number of rotatable bonds is 3. The highest BCUT2D eigenvalue weighted by Gasteiger charge is 2.36. The van der Waals surface area contributed by atoms with Gasteiger partial charge in [0.25, 0.3) is 0 Å². The van der Waals surface area contributed by atoms with Crippen molar-refractivity contribution >= 4 is 12.2 Å². The summed E-state index contributed by atoms with van der Waals surface area (Å²) in [6, 6.07) is 9.84. The summed E-state index contributed by atoms with van der Waals surface area (Å²) in [5.41, 5.74) is 1.11. The molecule has 2 rings (SSSR count). The molecule has 0 N–H and O–H groups in total. The molecule has 3 heteroatoms. The van der Waals surface area contributed by atoms with E-state index in [1.54, 1.807) is 4.90 Å². The summed E-state index contributed by atoms with van der Waals surface area (Å²) >= 11 is 0. The average Bonchev–Trinajstić information content (AvgIpc) is 2.58. The normalized spacial score (nSPS) is 24.8. The van der Waals surface area contributed by atoms with Crippen molar-refractivity contribution in [2.75, 3.05) is 6.54 Å². The van der Waals surface area contributed by atoms with Crippen molar-refractivity contribution in [3.63, 3.8) is 0 Å². The Hall–Kier alpha value is -1.64. The third-order valence-electron chi connectivity index (χ3n) is 3.17. The highest BCUT2D eigenvalue weighted by atomic mass is 16.2. The Labute approximate surface area is 95.1 Å². The fourth-order valence-corrected chi connectivity index (χ4v) is 2.08. The summed E-state index contributed by atoms with van der Waals surface area (Å²) in [6.07, 6.45) is 0.896. The molecule has 1 aromatic rings. The Balaban J connectivity index is 2.07. The molecule has 0 aliphatic carbocycles. The number of nitrogens with zero attached hydrogens (tertiary/aromatic N) is 1. The first-order chi connectivity index (χ1) is 7.72. The van der Waals surface area contributed by atoms with Gasteiger partial charge in [-0.05, 0) is 5.56 Å². The van der Waals surface area contributed by atoms with Crippen LogP contribution in [0.1, 0.15) is 12.5 Å². The first-order valence-corrected chi connectivity index (χ1v) is 5.50. The van der Waals surface area contributed by atoms with Crippen molar-refractivity contribution in [3.05, 3.63) is 35.9 Å². The Bertz CT molecular complexity index is 388. The number of benzene rings is 1. The highest BCUT2D eigenvalue weighted by molar-refractivity contribution is 5.85. The van der Waals surface area contributed by atoms with E-state index in [2.05, 4.69) is 0 Å². The SMILES string of the molecule is C[C@@H]1C(=O)N(Cc2ccccc2)C[C@@H]1C=O. The quantitative estimate of drug-likeness (QED) is 0.719. The molecular weight excluding hydrogens is 202 g/mol. The van der Waals surface area contributed by atoms with Gasteiger partial charge >= 0.3 is 0 Å². The second-order valence-corrected chi connectivity index (χ2v) is 4.29. The number of hydrogen-bond donors (Lipinski definition) is 0. The Morgan fingerprint density at radius 1 is 1.38 bits per heavy atom. The van der Waals surface area contributed by atoms with Gasteiger partial charge in [-0.15, -0.1) is 0 Å². The lowest BCUT2D eigenvalue weighted by molar-refractivity contribution is -0.131. The van der Waals surface area contributed by atoms with Crippen LogP contribution in [0, 0.1) is 11.8 Å². The van der Waals surface area contributed by atoms with Gasteiger partial charge in [-0.2, -0.15) is 0 Å². The Morgan fingerprint density at radius 2 is 2.06 bits per heavy atom. The molecule has 1 saturated heterocycles. The smallest absolute Gasteiger partial charge is 0.226 e. The lowest BCUT2D eigenvalue weighted by Crippen LogP contribution is -2.26. The second-order valence-electron chi connectivity index (χ2n) is 4.29. The van der Waals surface area contributed by atoms with Crippen molar-refractivity contribution in [1.82, 2.24) is 4.90 Å². The van der Waals surface area contributed by atoms with Crippen molar-refractivity contribution < 1.29 is 9.59 Å². The van der Waals surface area contributed by atoms with Gasteiger partial charge in [0, 0.05) is 24.9 Å². The molecule has 0 unspecified atom stereocenters. The summed E-state index contributed by atoms with van der Waals surface area (Å²) in [5, 5.41) is 0. The highest BCUT2D eigenvalue weighted by Crippen LogP contribution is 2.24. The van der Waals surface area contributed by atoms with Crippen molar-refractivity contribution in [3.8, 4) is 0 Å². The van der Waals surface area contributed by atoms with Crippen LogP contribution in [0.15, 0.2) is 30.3 Å². The van der Waals surface area contributed by atoms with Gasteiger partial charge in [0.1, 0.15) is 6.29 Å². The van der Waals surface area contributed by atoms with Crippen molar-refractivity contribution in [2.45, 2.75) is 13.5 Å². The fourth-order valence-electron chi connectivity index (χ4n) is 2.08. The molecule has 84 valence electrons. The van der Waals surface area contributed by atoms with E-state index in [0.717, 1.165) is 11.8 Å². The largest absolute Gasteiger partial charge is 0.337 e. The molecule has 1 fully saturated rings. The minimum atomic E-state index is -0.166. The summed E-state index contributed by atoms with van der Waals surface area (Å²) in [7, 11) is 0. The van der Waals surface area contributed by atoms with Gasteiger partial charge in [0.15, 0.2) is 0 Å². The number of aldehydes is 1. The van der Waals surface area contributed by atoms with E-state index in [1.165, 1.54) is 0 Å². The van der Waals surface area contributed by atoms with Crippen LogP contribution < -0.4 is 0 Å². The molecule has 0 bridgehead atoms. The molecule has 1 amide bonds. The molecule has 1 aromatic carbocycles. The first-order valence-electron chi connectivity index (χ1n) is 5.50. The van der Waals surface area contributed by atoms with E-state index in [0.29, 0.717) is 13.1 Å². The van der Waals surface area contributed by atoms with Crippen LogP contribution in [-0.4, -0.2) is 23.6 Å². The molecule has 0 saturated carbocycles. The molecule has 0 spiro atoms. The molecule has 0 radical (unpaired) electrons. The summed E-state index contributed by atoms with van der Waals surface area (Å²) < 4.78 is 0. The minimum Gasteiger partial charge on any atom is -0.337 e. The maximum Gasteiger partial charge on any atom is 0.226 e. The van der Waals surface area contributed by atoms with E-state index >= 15 is 0 Å². The number of likely N-dealkylation sites (tertiary alicyclic amines) is 1. The lowest BCUT2D eigenvalue weighted by Gasteiger charge is -2.15. The van der Waals surface area contributed by atoms with Crippen LogP contribution in [0.4, 0.5) is 0 Å². The van der Waals surface area contributed by atoms with Gasteiger partial charge in [-0.25, -0.2) is 0 Å². The standard InChI is InChI=1S/C13H15NO2/c1-10-12(9-15)8-14(13(10)16)7-11-5-3-2-4-6-11/h2-6,9-10,12H,7-8H2,1H3/t10-,12+/m0/s1. The summed E-state index contributed by atoms with van der Waals surface area (Å²) in [6.45, 7) is 2.99. The van der Waals surface area contributed by atoms with Gasteiger partial charge < -0.3 is 9.69 Å². The zero-order chi connectivity index (χ0) is 11.5. The van der Waals surface area contributed by atoms with E-state index in [1.807, 2.05) is 37.3 Å². The molecule has 1 aliphatic rings. The zero-order valence-electron chi connectivity index (χ0n) is 9.30. The van der Waals surface area contributed by atoms with Crippen LogP contribution in [-0.2, 0) is 16.1 Å². The maximum absolute atomic E-state index is 11.8. The molecule has 16 heavy (non-hydrogen) atoms. The second kappa shape index (κ2) is 4.47. The van der Waals surface area contributed by atoms with Crippen molar-refractivity contribution in [1.29, 1.82) is 0 Å². The third-order valence-corrected chi connectivity index (χ3v) is 3.17. The Morgan fingerprint density at radius 3 is 2.62 bits per heavy atom. The van der Waals surface area contributed by atoms with Gasteiger partial charge in [0.05, 0.1) is 0 Å². The number of carbonyl (C=O) groups is 2. The maximum atomic E-state index is 11.8. The van der Waals surface area contributed by atoms with Crippen LogP contribution in [0.3, 0.4) is 0 Å². The number of amides is 1. The van der Waals surface area contributed by atoms with Gasteiger partial charge in [-0.1, -0.05) is 37.3 Å². The predicted octanol–water partition coefficient (Wildman–Crippen LogP) is 1.48. The topological polar surface area (TPSA) is 37.4 Å². The molecule has 0 aromatic heterocycles. The molecular formula is C13H15NO2. The lowest BCUT2D eigenvalue weighted by atomic mass is 10.00. The zero-order valence-corrected chi connectivity index (χ0v) is 9.30. The summed E-state index contributed by atoms with van der Waals surface area (Å²) in [5.74, 6) is -0.224. The predicted molar refractivity (Wildman–Crippen MR) is 60.6 cm³/mol. The Kier molecular flexibility index (Phi) is 3.04. The van der Waals surface area contributed by atoms with Crippen molar-refractivity contribution in [2.24, 2.45) is 11.8 Å². The molecule has 1 aliphatic heterocycles. The van der Waals surface area contributed by atoms with Crippen LogP contribution in [0.2, 0.25) is 0 Å². The van der Waals surface area contributed by atoms with E-state index in [9.17, 15) is 9.59 Å². The number of hydrogen-bond acceptors (Lipinski definition) is 2. The van der Waals surface area contributed by atoms with E-state index in [4.69, 9.17) is 0 Å². The third kappa shape index (κ3) is 1.98. The first kappa shape index (κ1) is 10.9. The van der Waals surface area contributed by atoms with Gasteiger partial charge in [-0.3, -0.25) is 4.79 Å². The monoisotopic (exact) mass is 217 g/mol. The molecule has 1 heterocycles. The molecule has 3 nitrogen and oxygen atoms in total. The molecule has 2 atom stereocenters. The average molecular weight is 217 g/mol. The minimum absolute atomic E-state index is 0.0842. The fraction of sp³-hybridized carbons (Fsp3) is 0.385.